The number of aromatic nitrogens is 1. The second-order valence-corrected chi connectivity index (χ2v) is 12.2. The van der Waals surface area contributed by atoms with Crippen LogP contribution in [-0.2, 0) is 20.9 Å². The molecule has 25 heavy (non-hydrogen) atoms. The number of nitrogens with one attached hydrogen (secondary N) is 1. The Morgan fingerprint density at radius 1 is 1.36 bits per heavy atom. The predicted octanol–water partition coefficient (Wildman–Crippen LogP) is 3.31. The third-order valence-corrected chi connectivity index (χ3v) is 6.02. The van der Waals surface area contributed by atoms with Gasteiger partial charge in [-0.1, -0.05) is 26.8 Å². The molecule has 0 saturated heterocycles. The Labute approximate surface area is 154 Å². The van der Waals surface area contributed by atoms with E-state index < -0.39 is 19.1 Å². The number of sulfonamides is 1. The molecule has 1 aliphatic carbocycles. The van der Waals surface area contributed by atoms with Gasteiger partial charge < -0.3 is 4.43 Å². The van der Waals surface area contributed by atoms with Crippen molar-refractivity contribution in [2.24, 2.45) is 11.3 Å². The first-order valence-electron chi connectivity index (χ1n) is 8.85. The second-order valence-electron chi connectivity index (χ2n) is 8.34. The smallest absolute Gasteiger partial charge is 0.209 e. The highest BCUT2D eigenvalue weighted by atomic mass is 32.2. The standard InChI is InChI=1S/C18H31N2O3SSi/c1-18(2,3)17(23-25(5)6)14-10-9-13-8-7-11-19-16(13)15(12-14)20-24(4,21)22/h7-8,11,14-15,17,20H,9-10,12H2,1-6H3/t14-,15+,17?/m1/s1. The van der Waals surface area contributed by atoms with Crippen molar-refractivity contribution >= 4 is 19.1 Å². The van der Waals surface area contributed by atoms with Gasteiger partial charge in [-0.2, -0.15) is 0 Å². The van der Waals surface area contributed by atoms with Crippen molar-refractivity contribution in [1.82, 2.24) is 9.71 Å². The van der Waals surface area contributed by atoms with E-state index >= 15 is 0 Å². The Morgan fingerprint density at radius 3 is 2.60 bits per heavy atom. The summed E-state index contributed by atoms with van der Waals surface area (Å²) in [5.74, 6) is 0.286. The third-order valence-electron chi connectivity index (χ3n) is 4.58. The summed E-state index contributed by atoms with van der Waals surface area (Å²) in [6.07, 6.45) is 5.67. The predicted molar refractivity (Wildman–Crippen MR) is 103 cm³/mol. The number of hydrogen-bond donors (Lipinski definition) is 1. The van der Waals surface area contributed by atoms with Crippen molar-refractivity contribution in [3.8, 4) is 0 Å². The zero-order valence-corrected chi connectivity index (χ0v) is 18.0. The minimum absolute atomic E-state index is 0.00615. The van der Waals surface area contributed by atoms with Gasteiger partial charge in [-0.3, -0.25) is 4.98 Å². The largest absolute Gasteiger partial charge is 0.413 e. The van der Waals surface area contributed by atoms with E-state index in [2.05, 4.69) is 49.6 Å². The molecule has 0 bridgehead atoms. The van der Waals surface area contributed by atoms with Crippen LogP contribution in [0.1, 0.15) is 50.9 Å². The molecule has 1 aliphatic rings. The van der Waals surface area contributed by atoms with E-state index in [9.17, 15) is 8.42 Å². The molecule has 0 fully saturated rings. The van der Waals surface area contributed by atoms with Gasteiger partial charge in [-0.15, -0.1) is 0 Å². The minimum Gasteiger partial charge on any atom is -0.413 e. The van der Waals surface area contributed by atoms with Crippen LogP contribution in [0, 0.1) is 11.3 Å². The van der Waals surface area contributed by atoms with Crippen LogP contribution >= 0.6 is 0 Å². The molecule has 1 radical (unpaired) electrons. The number of pyridine rings is 1. The molecular formula is C18H31N2O3SSi. The number of nitrogens with zero attached hydrogens (tertiary/aromatic N) is 1. The zero-order chi connectivity index (χ0) is 18.8. The van der Waals surface area contributed by atoms with Crippen LogP contribution in [0.15, 0.2) is 18.3 Å². The average molecular weight is 384 g/mol. The van der Waals surface area contributed by atoms with Crippen molar-refractivity contribution in [1.29, 1.82) is 0 Å². The SMILES string of the molecule is C[Si](C)OC([C@@H]1CCc2cccnc2[C@@H](NS(C)(=O)=O)C1)C(C)(C)C. The van der Waals surface area contributed by atoms with Gasteiger partial charge in [-0.25, -0.2) is 13.1 Å². The summed E-state index contributed by atoms with van der Waals surface area (Å²) in [5, 5.41) is 0. The van der Waals surface area contributed by atoms with Gasteiger partial charge in [0.1, 0.15) is 0 Å². The van der Waals surface area contributed by atoms with Crippen LogP contribution in [0.2, 0.25) is 13.1 Å². The molecule has 2 rings (SSSR count). The Kier molecular flexibility index (Phi) is 6.46. The number of hydrogen-bond acceptors (Lipinski definition) is 4. The maximum absolute atomic E-state index is 11.9. The molecule has 0 aromatic carbocycles. The molecule has 3 atom stereocenters. The fourth-order valence-electron chi connectivity index (χ4n) is 3.72. The van der Waals surface area contributed by atoms with E-state index in [0.29, 0.717) is 6.42 Å². The van der Waals surface area contributed by atoms with Crippen molar-refractivity contribution < 1.29 is 12.8 Å². The van der Waals surface area contributed by atoms with E-state index in [1.807, 2.05) is 6.07 Å². The lowest BCUT2D eigenvalue weighted by Crippen LogP contribution is -2.41. The van der Waals surface area contributed by atoms with Crippen molar-refractivity contribution in [3.63, 3.8) is 0 Å². The van der Waals surface area contributed by atoms with Crippen LogP contribution in [0.5, 0.6) is 0 Å². The lowest BCUT2D eigenvalue weighted by Gasteiger charge is -2.39. The summed E-state index contributed by atoms with van der Waals surface area (Å²) >= 11 is 0. The molecule has 1 unspecified atom stereocenters. The summed E-state index contributed by atoms with van der Waals surface area (Å²) in [4.78, 5) is 4.50. The molecule has 0 amide bonds. The summed E-state index contributed by atoms with van der Waals surface area (Å²) < 4.78 is 33.0. The summed E-state index contributed by atoms with van der Waals surface area (Å²) in [6, 6.07) is 3.69. The topological polar surface area (TPSA) is 68.3 Å². The first-order chi connectivity index (χ1) is 11.5. The van der Waals surface area contributed by atoms with E-state index in [1.165, 1.54) is 6.26 Å². The Morgan fingerprint density at radius 2 is 2.04 bits per heavy atom. The summed E-state index contributed by atoms with van der Waals surface area (Å²) in [7, 11) is -4.16. The van der Waals surface area contributed by atoms with Crippen LogP contribution in [0.3, 0.4) is 0 Å². The Bertz CT molecular complexity index is 686. The first-order valence-corrected chi connectivity index (χ1v) is 13.1. The van der Waals surface area contributed by atoms with Crippen LogP contribution in [0.25, 0.3) is 0 Å². The lowest BCUT2D eigenvalue weighted by molar-refractivity contribution is 0.0237. The number of aryl methyl sites for hydroxylation is 1. The molecule has 7 heteroatoms. The van der Waals surface area contributed by atoms with Crippen LogP contribution in [-0.4, -0.2) is 34.8 Å². The second kappa shape index (κ2) is 7.86. The molecule has 0 saturated carbocycles. The lowest BCUT2D eigenvalue weighted by atomic mass is 9.77. The average Bonchev–Trinajstić information content (AvgIpc) is 2.62. The maximum Gasteiger partial charge on any atom is 0.209 e. The highest BCUT2D eigenvalue weighted by Crippen LogP contribution is 2.39. The van der Waals surface area contributed by atoms with Gasteiger partial charge >= 0.3 is 0 Å². The zero-order valence-electron chi connectivity index (χ0n) is 16.2. The van der Waals surface area contributed by atoms with Gasteiger partial charge in [0.05, 0.1) is 24.1 Å². The van der Waals surface area contributed by atoms with Crippen molar-refractivity contribution in [2.75, 3.05) is 6.26 Å². The quantitative estimate of drug-likeness (QED) is 0.626. The number of rotatable bonds is 5. The first kappa shape index (κ1) is 20.5. The van der Waals surface area contributed by atoms with Gasteiger partial charge in [0.15, 0.2) is 0 Å². The molecule has 0 aliphatic heterocycles. The molecular weight excluding hydrogens is 352 g/mol. The van der Waals surface area contributed by atoms with Crippen LogP contribution in [0.4, 0.5) is 0 Å². The van der Waals surface area contributed by atoms with E-state index in [1.54, 1.807) is 6.20 Å². The normalized spacial score (nSPS) is 23.2. The minimum atomic E-state index is -3.31. The van der Waals surface area contributed by atoms with E-state index in [0.717, 1.165) is 24.1 Å². The molecule has 1 N–H and O–H groups in total. The van der Waals surface area contributed by atoms with Crippen molar-refractivity contribution in [3.05, 3.63) is 29.6 Å². The monoisotopic (exact) mass is 383 g/mol. The fraction of sp³-hybridized carbons (Fsp3) is 0.722. The Balaban J connectivity index is 2.37. The van der Waals surface area contributed by atoms with E-state index in [4.69, 9.17) is 4.43 Å². The third kappa shape index (κ3) is 5.87. The molecule has 141 valence electrons. The summed E-state index contributed by atoms with van der Waals surface area (Å²) in [5.41, 5.74) is 2.01. The fourth-order valence-corrected chi connectivity index (χ4v) is 5.50. The summed E-state index contributed by atoms with van der Waals surface area (Å²) in [6.45, 7) is 10.9. The molecule has 0 spiro atoms. The Hall–Kier alpha value is -0.763. The molecule has 5 nitrogen and oxygen atoms in total. The van der Waals surface area contributed by atoms with E-state index in [-0.39, 0.29) is 23.5 Å². The number of fused-ring (bicyclic) bond motifs is 1. The van der Waals surface area contributed by atoms with Gasteiger partial charge in [0, 0.05) is 6.20 Å². The van der Waals surface area contributed by atoms with Crippen molar-refractivity contribution in [2.45, 2.75) is 65.3 Å². The molecule has 1 aromatic heterocycles. The maximum atomic E-state index is 11.9. The highest BCUT2D eigenvalue weighted by Gasteiger charge is 2.38. The van der Waals surface area contributed by atoms with Gasteiger partial charge in [0.25, 0.3) is 0 Å². The van der Waals surface area contributed by atoms with Crippen LogP contribution < -0.4 is 4.72 Å². The molecule has 1 aromatic rings. The highest BCUT2D eigenvalue weighted by molar-refractivity contribution is 7.88. The van der Waals surface area contributed by atoms with Gasteiger partial charge in [0.2, 0.25) is 19.1 Å². The molecule has 1 heterocycles. The van der Waals surface area contributed by atoms with Gasteiger partial charge in [-0.05, 0) is 55.3 Å².